The largest absolute Gasteiger partial charge is 0.329 e. The van der Waals surface area contributed by atoms with E-state index in [4.69, 9.17) is 12.2 Å². The van der Waals surface area contributed by atoms with Crippen molar-refractivity contribution in [1.82, 2.24) is 14.5 Å². The zero-order chi connectivity index (χ0) is 12.5. The second-order valence-electron chi connectivity index (χ2n) is 3.98. The van der Waals surface area contributed by atoms with E-state index >= 15 is 0 Å². The quantitative estimate of drug-likeness (QED) is 0.716. The Hall–Kier alpha value is -2.01. The molecule has 1 N–H and O–H groups in total. The van der Waals surface area contributed by atoms with Crippen LogP contribution in [0.4, 0.5) is 4.39 Å². The number of H-pyrrole nitrogens is 1. The molecule has 0 amide bonds. The van der Waals surface area contributed by atoms with E-state index in [1.807, 2.05) is 18.2 Å². The van der Waals surface area contributed by atoms with Crippen molar-refractivity contribution >= 4 is 23.4 Å². The van der Waals surface area contributed by atoms with Gasteiger partial charge < -0.3 is 4.98 Å². The van der Waals surface area contributed by atoms with Gasteiger partial charge in [-0.25, -0.2) is 9.37 Å². The number of halogens is 1. The summed E-state index contributed by atoms with van der Waals surface area (Å²) in [5.74, 6) is -0.232. The average Bonchev–Trinajstić information content (AvgIpc) is 2.69. The molecular weight excluding hydrogens is 249 g/mol. The van der Waals surface area contributed by atoms with Crippen LogP contribution in [0, 0.1) is 10.6 Å². The van der Waals surface area contributed by atoms with E-state index < -0.39 is 0 Å². The van der Waals surface area contributed by atoms with Crippen LogP contribution >= 0.6 is 12.2 Å². The molecule has 0 unspecified atom stereocenters. The highest BCUT2D eigenvalue weighted by Crippen LogP contribution is 2.15. The lowest BCUT2D eigenvalue weighted by atomic mass is 10.2. The lowest BCUT2D eigenvalue weighted by Crippen LogP contribution is -2.02. The van der Waals surface area contributed by atoms with Gasteiger partial charge in [0.25, 0.3) is 0 Å². The molecule has 0 fully saturated rings. The van der Waals surface area contributed by atoms with Crippen molar-refractivity contribution in [1.29, 1.82) is 0 Å². The summed E-state index contributed by atoms with van der Waals surface area (Å²) in [6.45, 7) is 0.377. The summed E-state index contributed by atoms with van der Waals surface area (Å²) < 4.78 is 16.0. The van der Waals surface area contributed by atoms with Crippen molar-refractivity contribution in [2.24, 2.45) is 0 Å². The molecule has 3 aromatic rings. The number of nitrogens with one attached hydrogen (secondary N) is 1. The van der Waals surface area contributed by atoms with E-state index in [2.05, 4.69) is 9.97 Å². The maximum absolute atomic E-state index is 13.6. The standard InChI is InChI=1S/C13H10FN3S/c14-10-5-2-1-4-9(10)8-17-12-11(16-13(17)18)6-3-7-15-12/h1-7H,8H2,(H,16,18). The summed E-state index contributed by atoms with van der Waals surface area (Å²) >= 11 is 5.24. The first-order chi connectivity index (χ1) is 8.75. The van der Waals surface area contributed by atoms with Crippen LogP contribution in [-0.2, 0) is 6.54 Å². The summed E-state index contributed by atoms with van der Waals surface area (Å²) in [4.78, 5) is 7.33. The van der Waals surface area contributed by atoms with E-state index in [9.17, 15) is 4.39 Å². The minimum Gasteiger partial charge on any atom is -0.329 e. The van der Waals surface area contributed by atoms with E-state index in [1.165, 1.54) is 6.07 Å². The highest BCUT2D eigenvalue weighted by Gasteiger charge is 2.07. The number of nitrogens with zero attached hydrogens (tertiary/aromatic N) is 2. The lowest BCUT2D eigenvalue weighted by molar-refractivity contribution is 0.600. The van der Waals surface area contributed by atoms with Crippen LogP contribution in [0.15, 0.2) is 42.6 Å². The maximum atomic E-state index is 13.6. The fraction of sp³-hybridized carbons (Fsp3) is 0.0769. The summed E-state index contributed by atoms with van der Waals surface area (Å²) in [5, 5.41) is 0. The molecule has 1 aromatic carbocycles. The van der Waals surface area contributed by atoms with Crippen molar-refractivity contribution < 1.29 is 4.39 Å². The molecule has 0 aliphatic rings. The molecule has 0 bridgehead atoms. The van der Waals surface area contributed by atoms with Crippen LogP contribution < -0.4 is 0 Å². The van der Waals surface area contributed by atoms with Crippen LogP contribution in [0.25, 0.3) is 11.2 Å². The Labute approximate surface area is 108 Å². The van der Waals surface area contributed by atoms with Gasteiger partial charge in [0.2, 0.25) is 0 Å². The Morgan fingerprint density at radius 3 is 2.89 bits per heavy atom. The minimum atomic E-state index is -0.232. The molecule has 5 heteroatoms. The van der Waals surface area contributed by atoms with E-state index in [1.54, 1.807) is 22.9 Å². The predicted molar refractivity (Wildman–Crippen MR) is 70.4 cm³/mol. The normalized spacial score (nSPS) is 10.9. The second kappa shape index (κ2) is 4.34. The van der Waals surface area contributed by atoms with E-state index in [-0.39, 0.29) is 5.82 Å². The van der Waals surface area contributed by atoms with Gasteiger partial charge >= 0.3 is 0 Å². The Bertz CT molecular complexity index is 760. The van der Waals surface area contributed by atoms with Crippen LogP contribution in [0.3, 0.4) is 0 Å². The fourth-order valence-electron chi connectivity index (χ4n) is 1.93. The van der Waals surface area contributed by atoms with Gasteiger partial charge in [-0.15, -0.1) is 0 Å². The predicted octanol–water partition coefficient (Wildman–Crippen LogP) is 3.28. The van der Waals surface area contributed by atoms with E-state index in [0.29, 0.717) is 16.9 Å². The number of hydrogen-bond acceptors (Lipinski definition) is 2. The topological polar surface area (TPSA) is 33.6 Å². The maximum Gasteiger partial charge on any atom is 0.179 e. The Morgan fingerprint density at radius 1 is 1.22 bits per heavy atom. The smallest absolute Gasteiger partial charge is 0.179 e. The van der Waals surface area contributed by atoms with Gasteiger partial charge in [0, 0.05) is 11.8 Å². The van der Waals surface area contributed by atoms with Crippen LogP contribution in [0.5, 0.6) is 0 Å². The molecule has 0 spiro atoms. The van der Waals surface area contributed by atoms with Gasteiger partial charge in [-0.3, -0.25) is 4.57 Å². The number of rotatable bonds is 2. The molecule has 0 saturated carbocycles. The van der Waals surface area contributed by atoms with Crippen molar-refractivity contribution in [3.8, 4) is 0 Å². The number of benzene rings is 1. The molecule has 2 aromatic heterocycles. The SMILES string of the molecule is Fc1ccccc1Cn1c(=S)[nH]c2cccnc21. The molecular formula is C13H10FN3S. The number of hydrogen-bond donors (Lipinski definition) is 1. The first-order valence-corrected chi connectivity index (χ1v) is 5.93. The van der Waals surface area contributed by atoms with Gasteiger partial charge in [-0.2, -0.15) is 0 Å². The van der Waals surface area contributed by atoms with Gasteiger partial charge in [0.1, 0.15) is 5.82 Å². The van der Waals surface area contributed by atoms with Crippen molar-refractivity contribution in [2.75, 3.05) is 0 Å². The highest BCUT2D eigenvalue weighted by atomic mass is 32.1. The zero-order valence-electron chi connectivity index (χ0n) is 9.43. The molecule has 0 saturated heterocycles. The number of pyridine rings is 1. The van der Waals surface area contributed by atoms with Crippen LogP contribution in [0.2, 0.25) is 0 Å². The monoisotopic (exact) mass is 259 g/mol. The molecule has 0 atom stereocenters. The minimum absolute atomic E-state index is 0.232. The third-order valence-electron chi connectivity index (χ3n) is 2.82. The summed E-state index contributed by atoms with van der Waals surface area (Å²) in [7, 11) is 0. The second-order valence-corrected chi connectivity index (χ2v) is 4.37. The van der Waals surface area contributed by atoms with E-state index in [0.717, 1.165) is 11.2 Å². The molecule has 2 heterocycles. The van der Waals surface area contributed by atoms with Gasteiger partial charge in [-0.1, -0.05) is 18.2 Å². The average molecular weight is 259 g/mol. The van der Waals surface area contributed by atoms with Crippen molar-refractivity contribution in [2.45, 2.75) is 6.54 Å². The number of fused-ring (bicyclic) bond motifs is 1. The first-order valence-electron chi connectivity index (χ1n) is 5.52. The first kappa shape index (κ1) is 11.1. The van der Waals surface area contributed by atoms with Crippen molar-refractivity contribution in [3.63, 3.8) is 0 Å². The summed E-state index contributed by atoms with van der Waals surface area (Å²) in [6, 6.07) is 10.4. The van der Waals surface area contributed by atoms with Gasteiger partial charge in [0.05, 0.1) is 12.1 Å². The third-order valence-corrected chi connectivity index (χ3v) is 3.14. The third kappa shape index (κ3) is 1.82. The molecule has 18 heavy (non-hydrogen) atoms. The van der Waals surface area contributed by atoms with Crippen LogP contribution in [-0.4, -0.2) is 14.5 Å². The molecule has 0 aliphatic carbocycles. The molecule has 3 rings (SSSR count). The molecule has 0 aliphatic heterocycles. The fourth-order valence-corrected chi connectivity index (χ4v) is 2.19. The summed E-state index contributed by atoms with van der Waals surface area (Å²) in [5.41, 5.74) is 2.20. The Morgan fingerprint density at radius 2 is 2.06 bits per heavy atom. The van der Waals surface area contributed by atoms with Crippen LogP contribution in [0.1, 0.15) is 5.56 Å². The van der Waals surface area contributed by atoms with Crippen molar-refractivity contribution in [3.05, 3.63) is 58.7 Å². The summed E-state index contributed by atoms with van der Waals surface area (Å²) in [6.07, 6.45) is 1.70. The number of aromatic nitrogens is 3. The zero-order valence-corrected chi connectivity index (χ0v) is 10.2. The lowest BCUT2D eigenvalue weighted by Gasteiger charge is -2.05. The highest BCUT2D eigenvalue weighted by molar-refractivity contribution is 7.71. The Balaban J connectivity index is 2.13. The Kier molecular flexibility index (Phi) is 2.68. The van der Waals surface area contributed by atoms with Gasteiger partial charge in [0.15, 0.2) is 10.4 Å². The van der Waals surface area contributed by atoms with Gasteiger partial charge in [-0.05, 0) is 30.4 Å². The number of aromatic amines is 1. The molecule has 0 radical (unpaired) electrons. The molecule has 3 nitrogen and oxygen atoms in total. The molecule has 90 valence electrons. The number of imidazole rings is 1.